The lowest BCUT2D eigenvalue weighted by molar-refractivity contribution is 0.248. The van der Waals surface area contributed by atoms with Gasteiger partial charge in [0.1, 0.15) is 0 Å². The molecule has 0 aromatic carbocycles. The first-order chi connectivity index (χ1) is 7.40. The molecule has 3 unspecified atom stereocenters. The summed E-state index contributed by atoms with van der Waals surface area (Å²) in [5, 5.41) is 3.86. The number of nitrogens with one attached hydrogen (secondary N) is 1. The average molecular weight is 228 g/mol. The van der Waals surface area contributed by atoms with Gasteiger partial charge in [-0.25, -0.2) is 0 Å². The van der Waals surface area contributed by atoms with Gasteiger partial charge >= 0.3 is 0 Å². The molecule has 88 valence electrons. The lowest BCUT2D eigenvalue weighted by Crippen LogP contribution is -2.48. The highest BCUT2D eigenvalue weighted by molar-refractivity contribution is 7.99. The van der Waals surface area contributed by atoms with Crippen molar-refractivity contribution in [2.75, 3.05) is 18.1 Å². The third kappa shape index (κ3) is 3.36. The van der Waals surface area contributed by atoms with Crippen LogP contribution in [0, 0.1) is 5.92 Å². The van der Waals surface area contributed by atoms with Crippen molar-refractivity contribution in [3.8, 4) is 0 Å². The number of hydrogen-bond acceptors (Lipinski definition) is 3. The zero-order valence-electron chi connectivity index (χ0n) is 9.58. The smallest absolute Gasteiger partial charge is 0.0161 e. The summed E-state index contributed by atoms with van der Waals surface area (Å²) in [7, 11) is 0. The molecule has 1 aliphatic carbocycles. The monoisotopic (exact) mass is 228 g/mol. The SMILES string of the molecule is NCC1CCCCC1NC1CCCSC1. The molecule has 2 aliphatic rings. The third-order valence-corrected chi connectivity index (χ3v) is 5.04. The van der Waals surface area contributed by atoms with Gasteiger partial charge in [0.25, 0.3) is 0 Å². The van der Waals surface area contributed by atoms with E-state index < -0.39 is 0 Å². The lowest BCUT2D eigenvalue weighted by Gasteiger charge is -2.35. The van der Waals surface area contributed by atoms with E-state index in [2.05, 4.69) is 17.1 Å². The van der Waals surface area contributed by atoms with Crippen molar-refractivity contribution in [2.24, 2.45) is 11.7 Å². The fourth-order valence-corrected chi connectivity index (χ4v) is 3.97. The molecule has 0 spiro atoms. The molecule has 0 amide bonds. The minimum absolute atomic E-state index is 0.715. The Morgan fingerprint density at radius 1 is 1.13 bits per heavy atom. The third-order valence-electron chi connectivity index (χ3n) is 3.82. The Bertz CT molecular complexity index is 180. The van der Waals surface area contributed by atoms with E-state index in [0.29, 0.717) is 6.04 Å². The molecule has 0 bridgehead atoms. The van der Waals surface area contributed by atoms with Crippen molar-refractivity contribution in [3.63, 3.8) is 0 Å². The Balaban J connectivity index is 1.79. The highest BCUT2D eigenvalue weighted by atomic mass is 32.2. The van der Waals surface area contributed by atoms with Crippen LogP contribution in [0.25, 0.3) is 0 Å². The molecule has 1 saturated carbocycles. The van der Waals surface area contributed by atoms with E-state index in [1.165, 1.54) is 50.0 Å². The predicted molar refractivity (Wildman–Crippen MR) is 68.3 cm³/mol. The summed E-state index contributed by atoms with van der Waals surface area (Å²) in [6.07, 6.45) is 8.24. The van der Waals surface area contributed by atoms with E-state index in [1.807, 2.05) is 0 Å². The number of rotatable bonds is 3. The minimum Gasteiger partial charge on any atom is -0.330 e. The summed E-state index contributed by atoms with van der Waals surface area (Å²) in [6, 6.07) is 1.48. The molecule has 1 aliphatic heterocycles. The van der Waals surface area contributed by atoms with Gasteiger partial charge in [0, 0.05) is 17.8 Å². The quantitative estimate of drug-likeness (QED) is 0.776. The first-order valence-electron chi connectivity index (χ1n) is 6.44. The molecule has 3 heteroatoms. The van der Waals surface area contributed by atoms with Gasteiger partial charge in [-0.15, -0.1) is 0 Å². The van der Waals surface area contributed by atoms with Crippen molar-refractivity contribution in [3.05, 3.63) is 0 Å². The van der Waals surface area contributed by atoms with Gasteiger partial charge in [-0.1, -0.05) is 12.8 Å². The van der Waals surface area contributed by atoms with Crippen LogP contribution in [0.4, 0.5) is 0 Å². The van der Waals surface area contributed by atoms with Crippen LogP contribution in [0.15, 0.2) is 0 Å². The zero-order chi connectivity index (χ0) is 10.5. The molecule has 3 atom stereocenters. The van der Waals surface area contributed by atoms with Gasteiger partial charge < -0.3 is 11.1 Å². The summed E-state index contributed by atoms with van der Waals surface area (Å²) in [5.74, 6) is 3.42. The van der Waals surface area contributed by atoms with Crippen LogP contribution < -0.4 is 11.1 Å². The highest BCUT2D eigenvalue weighted by Crippen LogP contribution is 2.26. The van der Waals surface area contributed by atoms with Crippen LogP contribution in [-0.2, 0) is 0 Å². The molecule has 0 radical (unpaired) electrons. The van der Waals surface area contributed by atoms with Crippen molar-refractivity contribution in [1.29, 1.82) is 0 Å². The molecule has 2 nitrogen and oxygen atoms in total. The van der Waals surface area contributed by atoms with Crippen molar-refractivity contribution >= 4 is 11.8 Å². The zero-order valence-corrected chi connectivity index (χ0v) is 10.4. The molecule has 1 saturated heterocycles. The standard InChI is InChI=1S/C12H24N2S/c13-8-10-4-1-2-6-12(10)14-11-5-3-7-15-9-11/h10-12,14H,1-9,13H2. The number of hydrogen-bond donors (Lipinski definition) is 2. The summed E-state index contributed by atoms with van der Waals surface area (Å²) in [5.41, 5.74) is 5.85. The molecule has 0 aromatic rings. The van der Waals surface area contributed by atoms with Crippen LogP contribution in [0.3, 0.4) is 0 Å². The lowest BCUT2D eigenvalue weighted by atomic mass is 9.84. The second-order valence-electron chi connectivity index (χ2n) is 4.97. The maximum atomic E-state index is 5.85. The number of thioether (sulfide) groups is 1. The molecule has 2 fully saturated rings. The van der Waals surface area contributed by atoms with Crippen LogP contribution in [-0.4, -0.2) is 30.1 Å². The largest absolute Gasteiger partial charge is 0.330 e. The molecule has 15 heavy (non-hydrogen) atoms. The summed E-state index contributed by atoms with van der Waals surface area (Å²) < 4.78 is 0. The Labute approximate surface area is 97.8 Å². The first kappa shape index (κ1) is 11.7. The van der Waals surface area contributed by atoms with E-state index in [0.717, 1.165) is 18.5 Å². The number of nitrogens with two attached hydrogens (primary N) is 1. The second-order valence-corrected chi connectivity index (χ2v) is 6.12. The maximum absolute atomic E-state index is 5.85. The molecule has 1 heterocycles. The van der Waals surface area contributed by atoms with Gasteiger partial charge in [-0.2, -0.15) is 11.8 Å². The Hall–Kier alpha value is 0.270. The fourth-order valence-electron chi connectivity index (χ4n) is 2.88. The van der Waals surface area contributed by atoms with Crippen LogP contribution >= 0.6 is 11.8 Å². The van der Waals surface area contributed by atoms with Gasteiger partial charge in [-0.05, 0) is 43.9 Å². The van der Waals surface area contributed by atoms with Gasteiger partial charge in [0.15, 0.2) is 0 Å². The van der Waals surface area contributed by atoms with E-state index >= 15 is 0 Å². The molecular weight excluding hydrogens is 204 g/mol. The fraction of sp³-hybridized carbons (Fsp3) is 1.00. The summed E-state index contributed by atoms with van der Waals surface area (Å²) in [6.45, 7) is 0.873. The minimum atomic E-state index is 0.715. The Morgan fingerprint density at radius 2 is 2.00 bits per heavy atom. The molecule has 3 N–H and O–H groups in total. The molecular formula is C12H24N2S. The first-order valence-corrected chi connectivity index (χ1v) is 7.59. The van der Waals surface area contributed by atoms with Crippen molar-refractivity contribution in [2.45, 2.75) is 50.6 Å². The van der Waals surface area contributed by atoms with Gasteiger partial charge in [0.2, 0.25) is 0 Å². The van der Waals surface area contributed by atoms with E-state index in [-0.39, 0.29) is 0 Å². The normalized spacial score (nSPS) is 37.8. The van der Waals surface area contributed by atoms with Gasteiger partial charge in [0.05, 0.1) is 0 Å². The Kier molecular flexibility index (Phi) is 4.79. The highest BCUT2D eigenvalue weighted by Gasteiger charge is 2.26. The average Bonchev–Trinajstić information content (AvgIpc) is 2.31. The molecule has 0 aromatic heterocycles. The second kappa shape index (κ2) is 6.12. The van der Waals surface area contributed by atoms with E-state index in [1.54, 1.807) is 0 Å². The predicted octanol–water partition coefficient (Wildman–Crippen LogP) is 1.99. The van der Waals surface area contributed by atoms with Crippen LogP contribution in [0.5, 0.6) is 0 Å². The van der Waals surface area contributed by atoms with Crippen molar-refractivity contribution < 1.29 is 0 Å². The van der Waals surface area contributed by atoms with E-state index in [4.69, 9.17) is 5.73 Å². The van der Waals surface area contributed by atoms with Gasteiger partial charge in [-0.3, -0.25) is 0 Å². The Morgan fingerprint density at radius 3 is 2.73 bits per heavy atom. The summed E-state index contributed by atoms with van der Waals surface area (Å²) in [4.78, 5) is 0. The summed E-state index contributed by atoms with van der Waals surface area (Å²) >= 11 is 2.11. The van der Waals surface area contributed by atoms with Crippen LogP contribution in [0.2, 0.25) is 0 Å². The van der Waals surface area contributed by atoms with Crippen LogP contribution in [0.1, 0.15) is 38.5 Å². The van der Waals surface area contributed by atoms with Crippen molar-refractivity contribution in [1.82, 2.24) is 5.32 Å². The topological polar surface area (TPSA) is 38.0 Å². The van der Waals surface area contributed by atoms with E-state index in [9.17, 15) is 0 Å². The maximum Gasteiger partial charge on any atom is 0.0161 e. The molecule has 2 rings (SSSR count).